The zero-order valence-corrected chi connectivity index (χ0v) is 7.43. The molecule has 0 amide bonds. The Kier molecular flexibility index (Phi) is 3.94. The second-order valence-corrected chi connectivity index (χ2v) is 2.86. The SMILES string of the molecule is CN(C)[C](=[Fe])C=[N+](C)C. The molecule has 0 N–H and O–H groups in total. The third-order valence-corrected chi connectivity index (χ3v) is 1.41. The zero-order chi connectivity index (χ0) is 7.44. The topological polar surface area (TPSA) is 6.25 Å². The van der Waals surface area contributed by atoms with Crippen molar-refractivity contribution in [2.45, 2.75) is 0 Å². The summed E-state index contributed by atoms with van der Waals surface area (Å²) in [5.41, 5.74) is 0. The standard InChI is InChI=1S/C6H13N2.Fe/c1-7(2)5-6-8(3)4;/h5H,1-4H3;/q+1;. The molecule has 0 saturated heterocycles. The molecule has 0 aromatic carbocycles. The summed E-state index contributed by atoms with van der Waals surface area (Å²) in [7, 11) is 7.91. The molecule has 0 radical (unpaired) electrons. The summed E-state index contributed by atoms with van der Waals surface area (Å²) in [5.74, 6) is 0. The Morgan fingerprint density at radius 2 is 1.89 bits per heavy atom. The first-order valence-electron chi connectivity index (χ1n) is 2.74. The molecule has 0 aliphatic rings. The van der Waals surface area contributed by atoms with Crippen LogP contribution < -0.4 is 0 Å². The van der Waals surface area contributed by atoms with Gasteiger partial charge in [-0.1, -0.05) is 0 Å². The van der Waals surface area contributed by atoms with Gasteiger partial charge in [0.25, 0.3) is 0 Å². The minimum atomic E-state index is 1.01. The second kappa shape index (κ2) is 3.94. The van der Waals surface area contributed by atoms with E-state index in [1.165, 1.54) is 0 Å². The van der Waals surface area contributed by atoms with Crippen molar-refractivity contribution in [2.24, 2.45) is 0 Å². The minimum absolute atomic E-state index is 1.01. The molecule has 54 valence electrons. The summed E-state index contributed by atoms with van der Waals surface area (Å²) in [6, 6.07) is 0. The van der Waals surface area contributed by atoms with Crippen molar-refractivity contribution in [1.82, 2.24) is 4.90 Å². The van der Waals surface area contributed by atoms with Crippen LogP contribution in [-0.4, -0.2) is 48.4 Å². The first-order chi connectivity index (χ1) is 4.04. The Hall–Kier alpha value is 0.0195. The molecular formula is C6H13FeN2+. The van der Waals surface area contributed by atoms with Crippen LogP contribution >= 0.6 is 0 Å². The third-order valence-electron chi connectivity index (χ3n) is 0.778. The Balaban J connectivity index is 3.93. The van der Waals surface area contributed by atoms with E-state index in [0.717, 1.165) is 4.54 Å². The van der Waals surface area contributed by atoms with Gasteiger partial charge in [-0.25, -0.2) is 0 Å². The van der Waals surface area contributed by atoms with E-state index in [2.05, 4.69) is 15.6 Å². The van der Waals surface area contributed by atoms with Crippen molar-refractivity contribution in [2.75, 3.05) is 28.2 Å². The molecule has 0 unspecified atom stereocenters. The van der Waals surface area contributed by atoms with Crippen LogP contribution in [0, 0.1) is 0 Å². The summed E-state index contributed by atoms with van der Waals surface area (Å²) >= 11 is 3.82. The molecule has 0 spiro atoms. The second-order valence-electron chi connectivity index (χ2n) is 2.30. The van der Waals surface area contributed by atoms with Gasteiger partial charge in [-0.15, -0.1) is 0 Å². The first-order valence-corrected chi connectivity index (χ1v) is 3.29. The van der Waals surface area contributed by atoms with Gasteiger partial charge >= 0.3 is 64.0 Å². The molecule has 0 aliphatic heterocycles. The molecule has 9 heavy (non-hydrogen) atoms. The van der Waals surface area contributed by atoms with E-state index < -0.39 is 0 Å². The summed E-state index contributed by atoms with van der Waals surface area (Å²) in [6.45, 7) is 0. The molecule has 3 heteroatoms. The quantitative estimate of drug-likeness (QED) is 0.309. The van der Waals surface area contributed by atoms with Crippen molar-refractivity contribution >= 4 is 10.8 Å². The van der Waals surface area contributed by atoms with Crippen LogP contribution in [0.2, 0.25) is 0 Å². The molecule has 0 saturated carbocycles. The number of hydrogen-bond acceptors (Lipinski definition) is 1. The van der Waals surface area contributed by atoms with E-state index in [4.69, 9.17) is 0 Å². The summed E-state index contributed by atoms with van der Waals surface area (Å²) < 4.78 is 2.99. The monoisotopic (exact) mass is 169 g/mol. The Bertz CT molecular complexity index is 134. The van der Waals surface area contributed by atoms with Crippen LogP contribution in [0.15, 0.2) is 0 Å². The number of rotatable bonds is 2. The van der Waals surface area contributed by atoms with E-state index >= 15 is 0 Å². The van der Waals surface area contributed by atoms with Gasteiger partial charge in [0.2, 0.25) is 0 Å². The van der Waals surface area contributed by atoms with Crippen LogP contribution in [0.5, 0.6) is 0 Å². The van der Waals surface area contributed by atoms with Gasteiger partial charge in [-0.2, -0.15) is 0 Å². The van der Waals surface area contributed by atoms with Gasteiger partial charge in [0, 0.05) is 0 Å². The maximum absolute atomic E-state index is 3.82. The molecule has 2 nitrogen and oxygen atoms in total. The van der Waals surface area contributed by atoms with E-state index in [9.17, 15) is 0 Å². The molecule has 0 bridgehead atoms. The Labute approximate surface area is 64.5 Å². The van der Waals surface area contributed by atoms with Crippen molar-refractivity contribution in [3.05, 3.63) is 0 Å². The van der Waals surface area contributed by atoms with Crippen LogP contribution in [-0.2, 0) is 15.6 Å². The van der Waals surface area contributed by atoms with Crippen LogP contribution in [0.4, 0.5) is 0 Å². The summed E-state index contributed by atoms with van der Waals surface area (Å²) in [6.07, 6.45) is 1.97. The normalized spacial score (nSPS) is 9.56. The molecule has 0 aromatic heterocycles. The maximum atomic E-state index is 3.82. The van der Waals surface area contributed by atoms with Crippen molar-refractivity contribution in [3.63, 3.8) is 0 Å². The van der Waals surface area contributed by atoms with Crippen LogP contribution in [0.25, 0.3) is 0 Å². The molecule has 0 aromatic rings. The Morgan fingerprint density at radius 1 is 1.44 bits per heavy atom. The predicted octanol–water partition coefficient (Wildman–Crippen LogP) is -0.432. The van der Waals surface area contributed by atoms with Gasteiger partial charge in [0.15, 0.2) is 0 Å². The van der Waals surface area contributed by atoms with Crippen molar-refractivity contribution in [3.8, 4) is 0 Å². The van der Waals surface area contributed by atoms with Gasteiger partial charge in [-0.05, 0) is 0 Å². The van der Waals surface area contributed by atoms with E-state index in [0.29, 0.717) is 0 Å². The van der Waals surface area contributed by atoms with Gasteiger partial charge in [0.05, 0.1) is 0 Å². The van der Waals surface area contributed by atoms with Crippen molar-refractivity contribution in [1.29, 1.82) is 0 Å². The Morgan fingerprint density at radius 3 is 2.00 bits per heavy atom. The van der Waals surface area contributed by atoms with E-state index in [-0.39, 0.29) is 0 Å². The van der Waals surface area contributed by atoms with Gasteiger partial charge < -0.3 is 0 Å². The van der Waals surface area contributed by atoms with Crippen LogP contribution in [0.1, 0.15) is 0 Å². The molecule has 0 heterocycles. The average molecular weight is 169 g/mol. The number of nitrogens with zero attached hydrogens (tertiary/aromatic N) is 2. The number of hydrogen-bond donors (Lipinski definition) is 0. The fraction of sp³-hybridized carbons (Fsp3) is 0.667. The molecule has 0 atom stereocenters. The molecular weight excluding hydrogens is 156 g/mol. The predicted molar refractivity (Wildman–Crippen MR) is 36.9 cm³/mol. The molecule has 0 rings (SSSR count). The third kappa shape index (κ3) is 4.52. The zero-order valence-electron chi connectivity index (χ0n) is 6.33. The van der Waals surface area contributed by atoms with Crippen LogP contribution in [0.3, 0.4) is 0 Å². The summed E-state index contributed by atoms with van der Waals surface area (Å²) in [5, 5.41) is 0. The fourth-order valence-electron chi connectivity index (χ4n) is 0.322. The average Bonchev–Trinajstić information content (AvgIpc) is 1.63. The van der Waals surface area contributed by atoms with Gasteiger partial charge in [0.1, 0.15) is 0 Å². The van der Waals surface area contributed by atoms with E-state index in [1.54, 1.807) is 0 Å². The molecule has 0 fully saturated rings. The first kappa shape index (κ1) is 9.02. The van der Waals surface area contributed by atoms with Gasteiger partial charge in [-0.3, -0.25) is 0 Å². The summed E-state index contributed by atoms with van der Waals surface area (Å²) in [4.78, 5) is 1.97. The fourth-order valence-corrected chi connectivity index (χ4v) is 0.607. The molecule has 0 aliphatic carbocycles. The van der Waals surface area contributed by atoms with Crippen molar-refractivity contribution < 1.29 is 20.2 Å². The van der Waals surface area contributed by atoms with E-state index in [1.807, 2.05) is 43.9 Å².